The van der Waals surface area contributed by atoms with Gasteiger partial charge in [0, 0.05) is 30.6 Å². The van der Waals surface area contributed by atoms with Gasteiger partial charge in [-0.2, -0.15) is 5.10 Å². The Kier molecular flexibility index (Phi) is 5.86. The lowest BCUT2D eigenvalue weighted by atomic mass is 9.96. The number of aromatic nitrogens is 2. The molecule has 1 aliphatic rings. The second kappa shape index (κ2) is 8.19. The number of carbonyl (C=O) groups excluding carboxylic acids is 2. The lowest BCUT2D eigenvalue weighted by Crippen LogP contribution is -2.41. The molecule has 1 aromatic carbocycles. The van der Waals surface area contributed by atoms with E-state index in [1.54, 1.807) is 21.7 Å². The van der Waals surface area contributed by atoms with Crippen LogP contribution in [0.2, 0.25) is 0 Å². The fraction of sp³-hybridized carbons (Fsp3) is 0.409. The molecule has 7 heteroatoms. The molecule has 1 saturated heterocycles. The van der Waals surface area contributed by atoms with Crippen LogP contribution >= 0.6 is 0 Å². The van der Waals surface area contributed by atoms with Gasteiger partial charge in [-0.05, 0) is 64.0 Å². The van der Waals surface area contributed by atoms with Crippen molar-refractivity contribution in [2.75, 3.05) is 18.4 Å². The number of amides is 2. The molecule has 29 heavy (non-hydrogen) atoms. The summed E-state index contributed by atoms with van der Waals surface area (Å²) in [7, 11) is 0. The molecule has 2 aromatic rings. The zero-order valence-corrected chi connectivity index (χ0v) is 17.1. The van der Waals surface area contributed by atoms with Crippen LogP contribution in [0.3, 0.4) is 0 Å². The molecule has 0 bridgehead atoms. The van der Waals surface area contributed by atoms with E-state index in [-0.39, 0.29) is 29.1 Å². The molecule has 2 heterocycles. The van der Waals surface area contributed by atoms with Gasteiger partial charge in [-0.15, -0.1) is 0 Å². The van der Waals surface area contributed by atoms with Crippen molar-refractivity contribution in [2.24, 2.45) is 5.92 Å². The van der Waals surface area contributed by atoms with E-state index in [4.69, 9.17) is 0 Å². The number of nitrogens with zero attached hydrogens (tertiary/aromatic N) is 3. The van der Waals surface area contributed by atoms with E-state index in [0.29, 0.717) is 37.4 Å². The highest BCUT2D eigenvalue weighted by Crippen LogP contribution is 2.28. The van der Waals surface area contributed by atoms with Crippen LogP contribution in [0.25, 0.3) is 11.3 Å². The summed E-state index contributed by atoms with van der Waals surface area (Å²) >= 11 is 0. The third-order valence-corrected chi connectivity index (χ3v) is 5.09. The maximum absolute atomic E-state index is 13.2. The topological polar surface area (TPSA) is 67.2 Å². The maximum Gasteiger partial charge on any atom is 0.245 e. The molecule has 1 aromatic heterocycles. The molecule has 1 fully saturated rings. The Hall–Kier alpha value is -2.96. The molecule has 1 N–H and O–H groups in total. The Labute approximate surface area is 170 Å². The fourth-order valence-corrected chi connectivity index (χ4v) is 3.46. The molecular formula is C22H27FN4O2. The molecule has 2 amide bonds. The number of rotatable bonds is 4. The van der Waals surface area contributed by atoms with Crippen molar-refractivity contribution < 1.29 is 14.0 Å². The number of benzene rings is 1. The van der Waals surface area contributed by atoms with Crippen LogP contribution < -0.4 is 5.32 Å². The van der Waals surface area contributed by atoms with Crippen LogP contribution in [0.4, 0.5) is 10.2 Å². The summed E-state index contributed by atoms with van der Waals surface area (Å²) in [4.78, 5) is 26.3. The lowest BCUT2D eigenvalue weighted by molar-refractivity contribution is -0.130. The normalized spacial score (nSPS) is 15.2. The molecule has 0 aliphatic carbocycles. The number of anilines is 1. The number of carbonyl (C=O) groups is 2. The van der Waals surface area contributed by atoms with Crippen LogP contribution in [0.1, 0.15) is 33.6 Å². The zero-order chi connectivity index (χ0) is 21.2. The Morgan fingerprint density at radius 2 is 1.83 bits per heavy atom. The summed E-state index contributed by atoms with van der Waals surface area (Å²) in [6.45, 7) is 10.6. The Bertz CT molecular complexity index is 904. The van der Waals surface area contributed by atoms with Gasteiger partial charge in [-0.25, -0.2) is 9.07 Å². The minimum atomic E-state index is -0.347. The average Bonchev–Trinajstić information content (AvgIpc) is 3.12. The Balaban J connectivity index is 1.77. The van der Waals surface area contributed by atoms with Gasteiger partial charge in [0.05, 0.1) is 11.2 Å². The first-order chi connectivity index (χ1) is 13.7. The molecule has 0 spiro atoms. The first kappa shape index (κ1) is 20.8. The van der Waals surface area contributed by atoms with Crippen molar-refractivity contribution in [3.05, 3.63) is 48.8 Å². The van der Waals surface area contributed by atoms with Crippen LogP contribution in [-0.2, 0) is 15.1 Å². The smallest absolute Gasteiger partial charge is 0.245 e. The minimum absolute atomic E-state index is 0.0771. The number of piperidine rings is 1. The van der Waals surface area contributed by atoms with Gasteiger partial charge in [0.15, 0.2) is 0 Å². The number of halogens is 1. The van der Waals surface area contributed by atoms with Gasteiger partial charge in [0.25, 0.3) is 0 Å². The molecule has 1 aliphatic heterocycles. The average molecular weight is 398 g/mol. The number of nitrogens with one attached hydrogen (secondary N) is 1. The zero-order valence-electron chi connectivity index (χ0n) is 17.1. The van der Waals surface area contributed by atoms with E-state index in [9.17, 15) is 14.0 Å². The molecule has 0 unspecified atom stereocenters. The summed E-state index contributed by atoms with van der Waals surface area (Å²) in [5, 5.41) is 7.65. The third-order valence-electron chi connectivity index (χ3n) is 5.09. The van der Waals surface area contributed by atoms with Gasteiger partial charge in [0.1, 0.15) is 11.6 Å². The van der Waals surface area contributed by atoms with E-state index in [1.807, 2.05) is 26.8 Å². The largest absolute Gasteiger partial charge is 0.339 e. The van der Waals surface area contributed by atoms with E-state index >= 15 is 0 Å². The Morgan fingerprint density at radius 3 is 2.38 bits per heavy atom. The molecule has 3 rings (SSSR count). The van der Waals surface area contributed by atoms with Crippen molar-refractivity contribution >= 4 is 17.6 Å². The highest BCUT2D eigenvalue weighted by Gasteiger charge is 2.28. The summed E-state index contributed by atoms with van der Waals surface area (Å²) < 4.78 is 15.0. The molecule has 0 saturated carbocycles. The summed E-state index contributed by atoms with van der Waals surface area (Å²) in [5.74, 6) is -0.0444. The minimum Gasteiger partial charge on any atom is -0.339 e. The molecule has 0 radical (unpaired) electrons. The van der Waals surface area contributed by atoms with E-state index in [1.165, 1.54) is 18.2 Å². The summed E-state index contributed by atoms with van der Waals surface area (Å²) in [5.41, 5.74) is 1.10. The lowest BCUT2D eigenvalue weighted by Gasteiger charge is -2.31. The first-order valence-corrected chi connectivity index (χ1v) is 9.77. The van der Waals surface area contributed by atoms with Crippen molar-refractivity contribution in [1.82, 2.24) is 14.7 Å². The van der Waals surface area contributed by atoms with Crippen molar-refractivity contribution in [3.63, 3.8) is 0 Å². The van der Waals surface area contributed by atoms with Crippen molar-refractivity contribution in [2.45, 2.75) is 39.2 Å². The highest BCUT2D eigenvalue weighted by molar-refractivity contribution is 5.93. The van der Waals surface area contributed by atoms with E-state index < -0.39 is 0 Å². The fourth-order valence-electron chi connectivity index (χ4n) is 3.46. The maximum atomic E-state index is 13.2. The second-order valence-electron chi connectivity index (χ2n) is 8.30. The predicted molar refractivity (Wildman–Crippen MR) is 111 cm³/mol. The molecule has 154 valence electrons. The van der Waals surface area contributed by atoms with Gasteiger partial charge >= 0.3 is 0 Å². The first-order valence-electron chi connectivity index (χ1n) is 9.77. The van der Waals surface area contributed by atoms with Crippen LogP contribution in [0.5, 0.6) is 0 Å². The molecule has 6 nitrogen and oxygen atoms in total. The standard InChI is InChI=1S/C22H27FN4O2/c1-5-20(28)26-12-10-16(11-13-26)21(29)24-19-14-18(25-27(19)22(2,3)4)15-6-8-17(23)9-7-15/h5-9,14,16H,1,10-13H2,2-4H3,(H,24,29). The number of hydrogen-bond acceptors (Lipinski definition) is 3. The predicted octanol–water partition coefficient (Wildman–Crippen LogP) is 3.81. The van der Waals surface area contributed by atoms with Crippen molar-refractivity contribution in [3.8, 4) is 11.3 Å². The summed E-state index contributed by atoms with van der Waals surface area (Å²) in [6.07, 6.45) is 2.53. The third kappa shape index (κ3) is 4.72. The quantitative estimate of drug-likeness (QED) is 0.797. The van der Waals surface area contributed by atoms with Crippen LogP contribution in [0.15, 0.2) is 43.0 Å². The SMILES string of the molecule is C=CC(=O)N1CCC(C(=O)Nc2cc(-c3ccc(F)cc3)nn2C(C)(C)C)CC1. The van der Waals surface area contributed by atoms with E-state index in [2.05, 4.69) is 17.0 Å². The second-order valence-corrected chi connectivity index (χ2v) is 8.30. The number of hydrogen-bond donors (Lipinski definition) is 1. The van der Waals surface area contributed by atoms with Crippen molar-refractivity contribution in [1.29, 1.82) is 0 Å². The van der Waals surface area contributed by atoms with Gasteiger partial charge in [0.2, 0.25) is 11.8 Å². The summed E-state index contributed by atoms with van der Waals surface area (Å²) in [6, 6.07) is 7.93. The van der Waals surface area contributed by atoms with E-state index in [0.717, 1.165) is 5.56 Å². The molecule has 0 atom stereocenters. The van der Waals surface area contributed by atoms with Crippen LogP contribution in [0, 0.1) is 11.7 Å². The van der Waals surface area contributed by atoms with Gasteiger partial charge in [-0.3, -0.25) is 9.59 Å². The highest BCUT2D eigenvalue weighted by atomic mass is 19.1. The number of likely N-dealkylation sites (tertiary alicyclic amines) is 1. The monoisotopic (exact) mass is 398 g/mol. The Morgan fingerprint density at radius 1 is 1.21 bits per heavy atom. The molecular weight excluding hydrogens is 371 g/mol. The van der Waals surface area contributed by atoms with Crippen LogP contribution in [-0.4, -0.2) is 39.6 Å². The van der Waals surface area contributed by atoms with Gasteiger partial charge in [-0.1, -0.05) is 6.58 Å². The van der Waals surface area contributed by atoms with Gasteiger partial charge < -0.3 is 10.2 Å².